The van der Waals surface area contributed by atoms with E-state index in [0.717, 1.165) is 4.90 Å². The number of carboxylic acid groups (broad SMARTS) is 1. The Morgan fingerprint density at radius 2 is 1.89 bits per heavy atom. The van der Waals surface area contributed by atoms with Gasteiger partial charge in [0, 0.05) is 22.1 Å². The topological polar surface area (TPSA) is 101 Å². The van der Waals surface area contributed by atoms with Crippen molar-refractivity contribution in [3.05, 3.63) is 43.0 Å². The molecule has 7 atom stereocenters. The summed E-state index contributed by atoms with van der Waals surface area (Å²) in [6, 6.07) is 9.56. The first kappa shape index (κ1) is 27.5. The number of ketones is 1. The van der Waals surface area contributed by atoms with E-state index < -0.39 is 46.3 Å². The lowest BCUT2D eigenvalue weighted by atomic mass is 9.46. The van der Waals surface area contributed by atoms with E-state index in [1.54, 1.807) is 6.08 Å². The van der Waals surface area contributed by atoms with Gasteiger partial charge in [0.1, 0.15) is 11.9 Å². The van der Waals surface area contributed by atoms with Crippen molar-refractivity contribution in [2.45, 2.75) is 76.9 Å². The van der Waals surface area contributed by atoms with Crippen LogP contribution in [0.3, 0.4) is 0 Å². The summed E-state index contributed by atoms with van der Waals surface area (Å²) in [6.07, 6.45) is 1.46. The zero-order chi connectivity index (χ0) is 26.0. The Morgan fingerprint density at radius 3 is 2.49 bits per heavy atom. The predicted octanol–water partition coefficient (Wildman–Crippen LogP) is 5.14. The van der Waals surface area contributed by atoms with Gasteiger partial charge in [-0.1, -0.05) is 45.0 Å². The summed E-state index contributed by atoms with van der Waals surface area (Å²) in [5.74, 6) is -1.90. The second kappa shape index (κ2) is 10.5. The molecule has 35 heavy (non-hydrogen) atoms. The Morgan fingerprint density at radius 1 is 1.23 bits per heavy atom. The number of Topliss-reactive ketones (excluding diaryl/α,β-unsaturated/α-hetero) is 1. The number of thioether (sulfide) groups is 1. The van der Waals surface area contributed by atoms with Crippen LogP contribution in [0, 0.1) is 28.1 Å². The number of aliphatic hydroxyl groups is 1. The Balaban J connectivity index is 1.99. The van der Waals surface area contributed by atoms with Crippen molar-refractivity contribution in [2.24, 2.45) is 28.1 Å². The van der Waals surface area contributed by atoms with Crippen LogP contribution in [0.1, 0.15) is 59.8 Å². The van der Waals surface area contributed by atoms with E-state index in [9.17, 15) is 24.6 Å². The van der Waals surface area contributed by atoms with Crippen molar-refractivity contribution >= 4 is 29.5 Å². The molecule has 2 aliphatic rings. The predicted molar refractivity (Wildman–Crippen MR) is 136 cm³/mol. The lowest BCUT2D eigenvalue weighted by Gasteiger charge is -2.58. The third-order valence-electron chi connectivity index (χ3n) is 8.93. The molecule has 2 aliphatic carbocycles. The molecule has 0 radical (unpaired) electrons. The summed E-state index contributed by atoms with van der Waals surface area (Å²) in [4.78, 5) is 39.8. The van der Waals surface area contributed by atoms with Gasteiger partial charge in [0.05, 0.1) is 17.3 Å². The van der Waals surface area contributed by atoms with Crippen molar-refractivity contribution in [3.63, 3.8) is 0 Å². The highest BCUT2D eigenvalue weighted by atomic mass is 32.2. The fourth-order valence-electron chi connectivity index (χ4n) is 6.17. The molecule has 2 fully saturated rings. The van der Waals surface area contributed by atoms with Gasteiger partial charge >= 0.3 is 11.9 Å². The minimum atomic E-state index is -1.01. The fraction of sp³-hybridized carbons (Fsp3) is 0.607. The molecule has 2 bridgehead atoms. The molecule has 0 spiro atoms. The van der Waals surface area contributed by atoms with Gasteiger partial charge in [-0.15, -0.1) is 18.3 Å². The average Bonchev–Trinajstić information content (AvgIpc) is 2.84. The average molecular weight is 503 g/mol. The summed E-state index contributed by atoms with van der Waals surface area (Å²) in [5.41, 5.74) is -2.82. The number of carbonyl (C=O) groups is 3. The number of benzene rings is 1. The van der Waals surface area contributed by atoms with Crippen LogP contribution >= 0.6 is 11.8 Å². The third-order valence-corrected chi connectivity index (χ3v) is 9.91. The van der Waals surface area contributed by atoms with Gasteiger partial charge in [-0.05, 0) is 56.6 Å². The molecule has 1 unspecified atom stereocenters. The summed E-state index contributed by atoms with van der Waals surface area (Å²) in [5, 5.41) is 20.9. The number of aliphatic hydroxyl groups excluding tert-OH is 1. The Bertz CT molecular complexity index is 963. The molecule has 3 rings (SSSR count). The fourth-order valence-corrected chi connectivity index (χ4v) is 6.87. The minimum Gasteiger partial charge on any atom is -0.481 e. The smallest absolute Gasteiger partial charge is 0.316 e. The van der Waals surface area contributed by atoms with Gasteiger partial charge in [0.15, 0.2) is 0 Å². The Kier molecular flexibility index (Phi) is 8.22. The standard InChI is InChI=1S/C28H38O6S/c1-6-26(4)16-21(34-23(31)17-35-20-10-8-7-9-11-20)27(5)18(2)12-14-28(25(27)33,15-13-22(29)30)19(3)24(26)32/h6-11,18-19,21,24,32H,1,12-17H2,2-5H3,(H,29,30)/t18?,19-,21+,24-,26+,27-,28-/m0/s1. The van der Waals surface area contributed by atoms with Crippen LogP contribution in [0.2, 0.25) is 0 Å². The molecule has 0 heterocycles. The Hall–Kier alpha value is -2.12. The molecule has 2 saturated carbocycles. The van der Waals surface area contributed by atoms with Crippen molar-refractivity contribution in [1.82, 2.24) is 0 Å². The maximum Gasteiger partial charge on any atom is 0.316 e. The summed E-state index contributed by atoms with van der Waals surface area (Å²) in [6.45, 7) is 11.6. The first-order valence-electron chi connectivity index (χ1n) is 12.4. The maximum absolute atomic E-state index is 14.3. The molecule has 1 aromatic rings. The molecule has 0 aromatic heterocycles. The van der Waals surface area contributed by atoms with Crippen molar-refractivity contribution in [2.75, 3.05) is 5.75 Å². The molecule has 0 aliphatic heterocycles. The maximum atomic E-state index is 14.3. The number of rotatable bonds is 8. The molecule has 7 heteroatoms. The normalized spacial score (nSPS) is 37.1. The quantitative estimate of drug-likeness (QED) is 0.288. The van der Waals surface area contributed by atoms with Crippen LogP contribution in [0.5, 0.6) is 0 Å². The van der Waals surface area contributed by atoms with Crippen molar-refractivity contribution in [1.29, 1.82) is 0 Å². The SMILES string of the molecule is C=C[C@]1(C)C[C@@H](OC(=O)CSc2ccccc2)[C@@]2(C)C(=O)[C@](CCC(=O)O)(CCC2C)[C@@H](C)[C@@H]1O. The highest BCUT2D eigenvalue weighted by molar-refractivity contribution is 8.00. The second-order valence-corrected chi connectivity index (χ2v) is 11.9. The molecule has 0 amide bonds. The van der Waals surface area contributed by atoms with Gasteiger partial charge < -0.3 is 14.9 Å². The van der Waals surface area contributed by atoms with E-state index in [0.29, 0.717) is 12.8 Å². The van der Waals surface area contributed by atoms with E-state index in [2.05, 4.69) is 6.58 Å². The van der Waals surface area contributed by atoms with Crippen molar-refractivity contribution < 1.29 is 29.3 Å². The summed E-state index contributed by atoms with van der Waals surface area (Å²) < 4.78 is 6.07. The highest BCUT2D eigenvalue weighted by Gasteiger charge is 2.64. The number of ether oxygens (including phenoxy) is 1. The van der Waals surface area contributed by atoms with Gasteiger partial charge in [-0.25, -0.2) is 0 Å². The monoisotopic (exact) mass is 502 g/mol. The molecule has 6 nitrogen and oxygen atoms in total. The highest BCUT2D eigenvalue weighted by Crippen LogP contribution is 2.59. The molecule has 1 aromatic carbocycles. The zero-order valence-corrected chi connectivity index (χ0v) is 22.0. The van der Waals surface area contributed by atoms with E-state index in [4.69, 9.17) is 4.74 Å². The number of hydrogen-bond donors (Lipinski definition) is 2. The van der Waals surface area contributed by atoms with Gasteiger partial charge in [-0.3, -0.25) is 14.4 Å². The number of fused-ring (bicyclic) bond motifs is 2. The summed E-state index contributed by atoms with van der Waals surface area (Å²) in [7, 11) is 0. The van der Waals surface area contributed by atoms with Gasteiger partial charge in [0.25, 0.3) is 0 Å². The van der Waals surface area contributed by atoms with Crippen LogP contribution in [0.4, 0.5) is 0 Å². The largest absolute Gasteiger partial charge is 0.481 e. The number of aliphatic carboxylic acids is 1. The third kappa shape index (κ3) is 5.08. The number of esters is 1. The van der Waals surface area contributed by atoms with E-state index in [1.165, 1.54) is 11.8 Å². The number of carbonyl (C=O) groups excluding carboxylic acids is 2. The number of hydrogen-bond acceptors (Lipinski definition) is 6. The molecule has 0 saturated heterocycles. The lowest BCUT2D eigenvalue weighted by molar-refractivity contribution is -0.191. The van der Waals surface area contributed by atoms with E-state index in [-0.39, 0.29) is 36.7 Å². The molecular weight excluding hydrogens is 464 g/mol. The van der Waals surface area contributed by atoms with Gasteiger partial charge in [0.2, 0.25) is 0 Å². The minimum absolute atomic E-state index is 0.0657. The van der Waals surface area contributed by atoms with Crippen LogP contribution in [0.25, 0.3) is 0 Å². The first-order valence-corrected chi connectivity index (χ1v) is 13.3. The molecule has 192 valence electrons. The van der Waals surface area contributed by atoms with E-state index >= 15 is 0 Å². The second-order valence-electron chi connectivity index (χ2n) is 10.8. The van der Waals surface area contributed by atoms with Crippen molar-refractivity contribution in [3.8, 4) is 0 Å². The first-order chi connectivity index (χ1) is 16.4. The molecular formula is C28H38O6S. The van der Waals surface area contributed by atoms with Crippen LogP contribution in [-0.4, -0.2) is 45.9 Å². The zero-order valence-electron chi connectivity index (χ0n) is 21.2. The van der Waals surface area contributed by atoms with Gasteiger partial charge in [-0.2, -0.15) is 0 Å². The van der Waals surface area contributed by atoms with Crippen LogP contribution in [0.15, 0.2) is 47.9 Å². The Labute approximate surface area is 212 Å². The van der Waals surface area contributed by atoms with Crippen LogP contribution < -0.4 is 0 Å². The summed E-state index contributed by atoms with van der Waals surface area (Å²) >= 11 is 1.37. The van der Waals surface area contributed by atoms with E-state index in [1.807, 2.05) is 58.0 Å². The lowest BCUT2D eigenvalue weighted by Crippen LogP contribution is -2.64. The molecule has 2 N–H and O–H groups in total. The number of carboxylic acids is 1. The van der Waals surface area contributed by atoms with Crippen LogP contribution in [-0.2, 0) is 19.1 Å².